The van der Waals surface area contributed by atoms with Gasteiger partial charge in [-0.3, -0.25) is 0 Å². The zero-order chi connectivity index (χ0) is 12.8. The molecule has 0 radical (unpaired) electrons. The second-order valence-corrected chi connectivity index (χ2v) is 5.84. The van der Waals surface area contributed by atoms with Crippen LogP contribution in [-0.4, -0.2) is 33.4 Å². The molecule has 1 heterocycles. The molecule has 1 aromatic rings. The second-order valence-electron chi connectivity index (χ2n) is 4.59. The van der Waals surface area contributed by atoms with Gasteiger partial charge in [-0.15, -0.1) is 0 Å². The van der Waals surface area contributed by atoms with Gasteiger partial charge in [-0.25, -0.2) is 0 Å². The third-order valence-electron chi connectivity index (χ3n) is 3.28. The van der Waals surface area contributed by atoms with Gasteiger partial charge in [0, 0.05) is 36.3 Å². The van der Waals surface area contributed by atoms with Crippen LogP contribution >= 0.6 is 22.6 Å². The van der Waals surface area contributed by atoms with E-state index in [0.29, 0.717) is 5.92 Å². The molecule has 1 saturated heterocycles. The fourth-order valence-corrected chi connectivity index (χ4v) is 2.92. The van der Waals surface area contributed by atoms with E-state index in [1.807, 2.05) is 0 Å². The van der Waals surface area contributed by atoms with E-state index >= 15 is 0 Å². The van der Waals surface area contributed by atoms with Crippen LogP contribution in [0.25, 0.3) is 0 Å². The molecule has 3 nitrogen and oxygen atoms in total. The summed E-state index contributed by atoms with van der Waals surface area (Å²) in [5.41, 5.74) is 1.30. The average Bonchev–Trinajstić information content (AvgIpc) is 2.83. The lowest BCUT2D eigenvalue weighted by molar-refractivity contribution is 0.0898. The Bertz CT molecular complexity index is 373. The van der Waals surface area contributed by atoms with Gasteiger partial charge in [0.25, 0.3) is 0 Å². The highest BCUT2D eigenvalue weighted by molar-refractivity contribution is 14.1. The van der Waals surface area contributed by atoms with E-state index in [9.17, 15) is 0 Å². The molecule has 4 heteroatoms. The Labute approximate surface area is 122 Å². The smallest absolute Gasteiger partial charge is 0.0866 e. The van der Waals surface area contributed by atoms with Gasteiger partial charge in [0.15, 0.2) is 0 Å². The van der Waals surface area contributed by atoms with Gasteiger partial charge in [0.2, 0.25) is 0 Å². The van der Waals surface area contributed by atoms with E-state index in [2.05, 4.69) is 52.2 Å². The van der Waals surface area contributed by atoms with E-state index in [0.717, 1.165) is 32.7 Å². The summed E-state index contributed by atoms with van der Waals surface area (Å²) in [6, 6.07) is 8.61. The lowest BCUT2D eigenvalue weighted by Gasteiger charge is -2.19. The summed E-state index contributed by atoms with van der Waals surface area (Å²) in [4.78, 5) is 0. The van der Waals surface area contributed by atoms with Crippen LogP contribution in [0.1, 0.15) is 18.1 Å². The SMILES string of the molecule is COCCNCC1CCOC1c1cccc(I)c1. The predicted molar refractivity (Wildman–Crippen MR) is 80.7 cm³/mol. The van der Waals surface area contributed by atoms with E-state index in [-0.39, 0.29) is 6.10 Å². The van der Waals surface area contributed by atoms with Crippen molar-refractivity contribution in [3.05, 3.63) is 33.4 Å². The monoisotopic (exact) mass is 361 g/mol. The van der Waals surface area contributed by atoms with Crippen LogP contribution in [0.15, 0.2) is 24.3 Å². The summed E-state index contributed by atoms with van der Waals surface area (Å²) >= 11 is 2.35. The standard InChI is InChI=1S/C14H20INO2/c1-17-8-6-16-10-12-5-7-18-14(12)11-3-2-4-13(15)9-11/h2-4,9,12,14,16H,5-8,10H2,1H3. The molecular weight excluding hydrogens is 341 g/mol. The van der Waals surface area contributed by atoms with Gasteiger partial charge in [-0.05, 0) is 46.7 Å². The van der Waals surface area contributed by atoms with Crippen molar-refractivity contribution in [2.45, 2.75) is 12.5 Å². The third-order valence-corrected chi connectivity index (χ3v) is 3.95. The highest BCUT2D eigenvalue weighted by Crippen LogP contribution is 2.34. The summed E-state index contributed by atoms with van der Waals surface area (Å²) in [5.74, 6) is 0.569. The summed E-state index contributed by atoms with van der Waals surface area (Å²) in [6.45, 7) is 3.54. The topological polar surface area (TPSA) is 30.5 Å². The van der Waals surface area contributed by atoms with E-state index in [4.69, 9.17) is 9.47 Å². The zero-order valence-corrected chi connectivity index (χ0v) is 12.9. The highest BCUT2D eigenvalue weighted by Gasteiger charge is 2.29. The Morgan fingerprint density at radius 2 is 2.39 bits per heavy atom. The van der Waals surface area contributed by atoms with Gasteiger partial charge < -0.3 is 14.8 Å². The first-order chi connectivity index (χ1) is 8.81. The molecular formula is C14H20INO2. The Morgan fingerprint density at radius 3 is 3.17 bits per heavy atom. The maximum absolute atomic E-state index is 5.89. The average molecular weight is 361 g/mol. The Kier molecular flexibility index (Phi) is 5.88. The number of rotatable bonds is 6. The molecule has 2 unspecified atom stereocenters. The largest absolute Gasteiger partial charge is 0.383 e. The molecule has 2 atom stereocenters. The van der Waals surface area contributed by atoms with Crippen molar-refractivity contribution in [3.63, 3.8) is 0 Å². The first-order valence-corrected chi connectivity index (χ1v) is 7.46. The third kappa shape index (κ3) is 3.91. The van der Waals surface area contributed by atoms with E-state index in [1.54, 1.807) is 7.11 Å². The van der Waals surface area contributed by atoms with Crippen LogP contribution in [-0.2, 0) is 9.47 Å². The maximum Gasteiger partial charge on any atom is 0.0866 e. The number of halogens is 1. The van der Waals surface area contributed by atoms with Crippen LogP contribution in [0, 0.1) is 9.49 Å². The van der Waals surface area contributed by atoms with Gasteiger partial charge >= 0.3 is 0 Å². The molecule has 100 valence electrons. The van der Waals surface area contributed by atoms with Gasteiger partial charge in [0.05, 0.1) is 12.7 Å². The Morgan fingerprint density at radius 1 is 1.50 bits per heavy atom. The van der Waals surface area contributed by atoms with Crippen molar-refractivity contribution >= 4 is 22.6 Å². The minimum Gasteiger partial charge on any atom is -0.383 e. The van der Waals surface area contributed by atoms with Crippen LogP contribution in [0.5, 0.6) is 0 Å². The van der Waals surface area contributed by atoms with Crippen molar-refractivity contribution in [2.24, 2.45) is 5.92 Å². The van der Waals surface area contributed by atoms with Gasteiger partial charge in [-0.2, -0.15) is 0 Å². The molecule has 1 fully saturated rings. The maximum atomic E-state index is 5.89. The van der Waals surface area contributed by atoms with Crippen molar-refractivity contribution < 1.29 is 9.47 Å². The molecule has 1 aliphatic rings. The highest BCUT2D eigenvalue weighted by atomic mass is 127. The van der Waals surface area contributed by atoms with Crippen LogP contribution in [0.3, 0.4) is 0 Å². The minimum absolute atomic E-state index is 0.245. The second kappa shape index (κ2) is 7.43. The Hall–Kier alpha value is -0.170. The van der Waals surface area contributed by atoms with E-state index < -0.39 is 0 Å². The lowest BCUT2D eigenvalue weighted by atomic mass is 9.95. The molecule has 18 heavy (non-hydrogen) atoms. The fourth-order valence-electron chi connectivity index (χ4n) is 2.36. The normalized spacial score (nSPS) is 23.4. The van der Waals surface area contributed by atoms with Crippen LogP contribution in [0.4, 0.5) is 0 Å². The minimum atomic E-state index is 0.245. The van der Waals surface area contributed by atoms with Crippen LogP contribution in [0.2, 0.25) is 0 Å². The molecule has 0 aromatic heterocycles. The molecule has 0 bridgehead atoms. The van der Waals surface area contributed by atoms with Crippen molar-refractivity contribution in [1.29, 1.82) is 0 Å². The summed E-state index contributed by atoms with van der Waals surface area (Å²) < 4.78 is 12.2. The molecule has 1 N–H and O–H groups in total. The summed E-state index contributed by atoms with van der Waals surface area (Å²) in [6.07, 6.45) is 1.38. The molecule has 0 saturated carbocycles. The van der Waals surface area contributed by atoms with Crippen molar-refractivity contribution in [2.75, 3.05) is 33.4 Å². The molecule has 0 spiro atoms. The molecule has 1 aliphatic heterocycles. The number of nitrogens with one attached hydrogen (secondary N) is 1. The zero-order valence-electron chi connectivity index (χ0n) is 10.7. The summed E-state index contributed by atoms with van der Waals surface area (Å²) in [7, 11) is 1.73. The predicted octanol–water partition coefficient (Wildman–Crippen LogP) is 2.60. The molecule has 0 aliphatic carbocycles. The lowest BCUT2D eigenvalue weighted by Crippen LogP contribution is -2.27. The quantitative estimate of drug-likeness (QED) is 0.624. The first-order valence-electron chi connectivity index (χ1n) is 6.38. The van der Waals surface area contributed by atoms with E-state index in [1.165, 1.54) is 9.13 Å². The number of benzene rings is 1. The molecule has 0 amide bonds. The van der Waals surface area contributed by atoms with Gasteiger partial charge in [-0.1, -0.05) is 12.1 Å². The number of methoxy groups -OCH3 is 1. The van der Waals surface area contributed by atoms with Crippen LogP contribution < -0.4 is 5.32 Å². The van der Waals surface area contributed by atoms with Crippen molar-refractivity contribution in [1.82, 2.24) is 5.32 Å². The van der Waals surface area contributed by atoms with Crippen molar-refractivity contribution in [3.8, 4) is 0 Å². The number of ether oxygens (including phenoxy) is 2. The number of hydrogen-bond acceptors (Lipinski definition) is 3. The Balaban J connectivity index is 1.91. The van der Waals surface area contributed by atoms with Gasteiger partial charge in [0.1, 0.15) is 0 Å². The summed E-state index contributed by atoms with van der Waals surface area (Å²) in [5, 5.41) is 3.44. The number of hydrogen-bond donors (Lipinski definition) is 1. The molecule has 1 aromatic carbocycles. The fraction of sp³-hybridized carbons (Fsp3) is 0.571. The molecule has 2 rings (SSSR count). The first kappa shape index (κ1) is 14.2.